The molecule has 0 aromatic carbocycles. The zero-order chi connectivity index (χ0) is 28.5. The summed E-state index contributed by atoms with van der Waals surface area (Å²) in [5, 5.41) is 2.69. The van der Waals surface area contributed by atoms with Crippen molar-refractivity contribution in [1.82, 2.24) is 15.6 Å². The lowest BCUT2D eigenvalue weighted by Crippen LogP contribution is -2.51. The summed E-state index contributed by atoms with van der Waals surface area (Å²) in [7, 11) is 2.53. The predicted octanol–water partition coefficient (Wildman–Crippen LogP) is 2.04. The van der Waals surface area contributed by atoms with Crippen LogP contribution in [0, 0.1) is 28.6 Å². The summed E-state index contributed by atoms with van der Waals surface area (Å²) in [5.41, 5.74) is 1.92. The van der Waals surface area contributed by atoms with Gasteiger partial charge in [0.05, 0.1) is 38.1 Å². The van der Waals surface area contributed by atoms with Crippen LogP contribution in [-0.4, -0.2) is 85.2 Å². The first kappa shape index (κ1) is 32.1. The summed E-state index contributed by atoms with van der Waals surface area (Å²) in [4.78, 5) is 65.4. The summed E-state index contributed by atoms with van der Waals surface area (Å²) >= 11 is 0. The van der Waals surface area contributed by atoms with Crippen molar-refractivity contribution in [1.29, 1.82) is 0 Å². The van der Waals surface area contributed by atoms with Crippen LogP contribution in [0.1, 0.15) is 61.3 Å². The molecule has 0 aromatic heterocycles. The first-order valence-electron chi connectivity index (χ1n) is 12.7. The Balaban J connectivity index is 3.12. The lowest BCUT2D eigenvalue weighted by molar-refractivity contribution is -0.642. The molecule has 1 unspecified atom stereocenters. The molecule has 1 saturated heterocycles. The number of nitroso groups, excluding NO2 is 1. The summed E-state index contributed by atoms with van der Waals surface area (Å²) in [6.07, 6.45) is 0.198. The van der Waals surface area contributed by atoms with Crippen LogP contribution in [0.4, 0.5) is 4.79 Å². The van der Waals surface area contributed by atoms with Gasteiger partial charge in [-0.3, -0.25) is 9.59 Å². The number of nitrogens with zero attached hydrogens (tertiary/aromatic N) is 2. The van der Waals surface area contributed by atoms with Crippen molar-refractivity contribution in [2.45, 2.75) is 79.0 Å². The fraction of sp³-hybridized carbons (Fsp3) is 0.840. The van der Waals surface area contributed by atoms with Gasteiger partial charge in [-0.05, 0) is 45.4 Å². The monoisotopic (exact) mass is 529 g/mol. The molecule has 2 N–H and O–H groups in total. The molecule has 0 spiro atoms. The van der Waals surface area contributed by atoms with E-state index < -0.39 is 53.5 Å². The van der Waals surface area contributed by atoms with Gasteiger partial charge in [-0.1, -0.05) is 27.7 Å². The minimum Gasteiger partial charge on any atom is -0.469 e. The molecule has 0 saturated carbocycles. The molecular formula is C25H45N4O8+. The van der Waals surface area contributed by atoms with Crippen molar-refractivity contribution in [3.63, 3.8) is 0 Å². The molecule has 212 valence electrons. The highest BCUT2D eigenvalue weighted by Crippen LogP contribution is 2.23. The van der Waals surface area contributed by atoms with E-state index in [2.05, 4.69) is 10.7 Å². The number of rotatable bonds is 12. The Morgan fingerprint density at radius 1 is 0.946 bits per heavy atom. The molecule has 12 heteroatoms. The molecular weight excluding hydrogens is 484 g/mol. The Kier molecular flexibility index (Phi) is 12.3. The number of carbonyl (C=O) groups is 4. The quantitative estimate of drug-likeness (QED) is 0.168. The van der Waals surface area contributed by atoms with Gasteiger partial charge in [0.2, 0.25) is 5.91 Å². The van der Waals surface area contributed by atoms with Crippen LogP contribution in [0.3, 0.4) is 0 Å². The van der Waals surface area contributed by atoms with Crippen molar-refractivity contribution < 1.29 is 38.3 Å². The van der Waals surface area contributed by atoms with E-state index in [9.17, 15) is 24.1 Å². The first-order valence-corrected chi connectivity index (χ1v) is 12.7. The SMILES string of the molecule is COC(=O)C(CC(C)C)NC(=O)[C@@H]1CN(C(=O)OC(C)(C)C)C[C@H]1[N+](=O)NC[C@@H](CC(C)C)C(=O)OC. The van der Waals surface area contributed by atoms with Crippen molar-refractivity contribution in [3.8, 4) is 0 Å². The molecule has 12 nitrogen and oxygen atoms in total. The lowest BCUT2D eigenvalue weighted by atomic mass is 9.97. The highest BCUT2D eigenvalue weighted by molar-refractivity contribution is 5.87. The molecule has 37 heavy (non-hydrogen) atoms. The minimum absolute atomic E-state index is 0.00374. The maximum absolute atomic E-state index is 13.3. The minimum atomic E-state index is -0.984. The maximum atomic E-state index is 13.3. The Labute approximate surface area is 219 Å². The van der Waals surface area contributed by atoms with Gasteiger partial charge in [0.15, 0.2) is 0 Å². The average Bonchev–Trinajstić information content (AvgIpc) is 3.24. The van der Waals surface area contributed by atoms with Crippen LogP contribution in [0.25, 0.3) is 0 Å². The summed E-state index contributed by atoms with van der Waals surface area (Å²) in [6.45, 7) is 12.7. The molecule has 2 amide bonds. The molecule has 0 aromatic rings. The van der Waals surface area contributed by atoms with Crippen molar-refractivity contribution >= 4 is 23.9 Å². The Hall–Kier alpha value is -2.92. The molecule has 1 fully saturated rings. The van der Waals surface area contributed by atoms with E-state index in [4.69, 9.17) is 14.2 Å². The van der Waals surface area contributed by atoms with Crippen LogP contribution >= 0.6 is 0 Å². The van der Waals surface area contributed by atoms with E-state index in [1.165, 1.54) is 19.1 Å². The van der Waals surface area contributed by atoms with E-state index in [-0.39, 0.29) is 31.5 Å². The zero-order valence-electron chi connectivity index (χ0n) is 23.7. The van der Waals surface area contributed by atoms with Gasteiger partial charge < -0.3 is 24.4 Å². The van der Waals surface area contributed by atoms with Crippen LogP contribution in [-0.2, 0) is 28.6 Å². The highest BCUT2D eigenvalue weighted by atomic mass is 16.6. The standard InChI is InChI=1S/C25H44N4O8/c1-15(2)10-17(22(31)35-8)12-26-29(34)20-14-28(24(33)37-25(5,6)7)13-18(20)21(30)27-19(11-16(3)4)23(32)36-9/h15-20H,10-14H2,1-9H3,(H-,26,27,30,34)/p+1/t17-,18-,19?,20-/m1/s1. The lowest BCUT2D eigenvalue weighted by Gasteiger charge is -2.24. The van der Waals surface area contributed by atoms with E-state index in [0.717, 1.165) is 0 Å². The van der Waals surface area contributed by atoms with E-state index in [0.29, 0.717) is 17.7 Å². The number of ether oxygens (including phenoxy) is 3. The Bertz CT molecular complexity index is 824. The molecule has 0 bridgehead atoms. The van der Waals surface area contributed by atoms with Crippen LogP contribution in [0.2, 0.25) is 0 Å². The Morgan fingerprint density at radius 2 is 1.51 bits per heavy atom. The van der Waals surface area contributed by atoms with Gasteiger partial charge in [-0.15, -0.1) is 0 Å². The molecule has 1 aliphatic heterocycles. The number of methoxy groups -OCH3 is 2. The average molecular weight is 530 g/mol. The molecule has 0 aliphatic carbocycles. The smallest absolute Gasteiger partial charge is 0.410 e. The molecule has 1 aliphatic rings. The maximum Gasteiger partial charge on any atom is 0.410 e. The first-order chi connectivity index (χ1) is 17.1. The fourth-order valence-corrected chi connectivity index (χ4v) is 4.18. The normalized spacial score (nSPS) is 19.3. The van der Waals surface area contributed by atoms with Crippen LogP contribution < -0.4 is 10.7 Å². The second kappa shape index (κ2) is 14.1. The molecule has 1 heterocycles. The number of hydrogen-bond acceptors (Lipinski definition) is 8. The van der Waals surface area contributed by atoms with Crippen molar-refractivity contribution in [3.05, 3.63) is 4.91 Å². The molecule has 1 rings (SSSR count). The fourth-order valence-electron chi connectivity index (χ4n) is 4.18. The summed E-state index contributed by atoms with van der Waals surface area (Å²) in [5.74, 6) is -2.83. The van der Waals surface area contributed by atoms with Crippen LogP contribution in [0.15, 0.2) is 0 Å². The van der Waals surface area contributed by atoms with Gasteiger partial charge >= 0.3 is 18.0 Å². The van der Waals surface area contributed by atoms with Gasteiger partial charge in [-0.25, -0.2) is 9.59 Å². The second-order valence-electron chi connectivity index (χ2n) is 11.3. The molecule has 4 atom stereocenters. The summed E-state index contributed by atoms with van der Waals surface area (Å²) < 4.78 is 15.1. The highest BCUT2D eigenvalue weighted by Gasteiger charge is 2.51. The molecule has 0 radical (unpaired) electrons. The predicted molar refractivity (Wildman–Crippen MR) is 135 cm³/mol. The second-order valence-corrected chi connectivity index (χ2v) is 11.3. The van der Waals surface area contributed by atoms with E-state index >= 15 is 0 Å². The number of esters is 2. The number of hydrazine groups is 1. The third-order valence-electron chi connectivity index (χ3n) is 5.87. The number of amides is 2. The van der Waals surface area contributed by atoms with E-state index in [1.807, 2.05) is 27.7 Å². The van der Waals surface area contributed by atoms with Crippen LogP contribution in [0.5, 0.6) is 0 Å². The number of nitrogens with one attached hydrogen (secondary N) is 2. The zero-order valence-corrected chi connectivity index (χ0v) is 23.7. The van der Waals surface area contributed by atoms with Gasteiger partial charge in [0.1, 0.15) is 22.4 Å². The Morgan fingerprint density at radius 3 is 2.00 bits per heavy atom. The third-order valence-corrected chi connectivity index (χ3v) is 5.87. The topological polar surface area (TPSA) is 143 Å². The summed E-state index contributed by atoms with van der Waals surface area (Å²) in [6, 6.07) is -1.88. The van der Waals surface area contributed by atoms with Gasteiger partial charge in [0.25, 0.3) is 6.04 Å². The number of hydrogen-bond donors (Lipinski definition) is 2. The van der Waals surface area contributed by atoms with Crippen molar-refractivity contribution in [2.75, 3.05) is 33.9 Å². The number of likely N-dealkylation sites (tertiary alicyclic amines) is 1. The van der Waals surface area contributed by atoms with Gasteiger partial charge in [0, 0.05) is 6.54 Å². The largest absolute Gasteiger partial charge is 0.469 e. The van der Waals surface area contributed by atoms with E-state index in [1.54, 1.807) is 20.8 Å². The third kappa shape index (κ3) is 10.5. The number of carbonyl (C=O) groups excluding carboxylic acids is 4. The van der Waals surface area contributed by atoms with Crippen molar-refractivity contribution in [2.24, 2.45) is 23.7 Å². The van der Waals surface area contributed by atoms with Gasteiger partial charge in [-0.2, -0.15) is 5.43 Å².